The minimum absolute atomic E-state index is 0.0515. The van der Waals surface area contributed by atoms with Gasteiger partial charge >= 0.3 is 5.97 Å². The predicted molar refractivity (Wildman–Crippen MR) is 116 cm³/mol. The number of nitrogens with zero attached hydrogens (tertiary/aromatic N) is 2. The number of carbonyl (C=O) groups excluding carboxylic acids is 1. The number of aromatic nitrogens is 2. The Hall–Kier alpha value is -2.86. The summed E-state index contributed by atoms with van der Waals surface area (Å²) in [7, 11) is 0. The molecule has 0 unspecified atom stereocenters. The molecule has 3 aromatic rings. The predicted octanol–water partition coefficient (Wildman–Crippen LogP) is 3.96. The fourth-order valence-electron chi connectivity index (χ4n) is 4.25. The highest BCUT2D eigenvalue weighted by Crippen LogP contribution is 2.24. The number of piperidine rings is 1. The molecule has 0 bridgehead atoms. The van der Waals surface area contributed by atoms with Crippen molar-refractivity contribution in [3.63, 3.8) is 0 Å². The fraction of sp³-hybridized carbons (Fsp3) is 0.417. The third-order valence-electron chi connectivity index (χ3n) is 5.60. The summed E-state index contributed by atoms with van der Waals surface area (Å²) in [4.78, 5) is 14.0. The van der Waals surface area contributed by atoms with Crippen LogP contribution < -0.4 is 4.74 Å². The van der Waals surface area contributed by atoms with Crippen LogP contribution in [0.5, 0.6) is 5.75 Å². The second-order valence-corrected chi connectivity index (χ2v) is 7.98. The van der Waals surface area contributed by atoms with Crippen LogP contribution in [0.2, 0.25) is 0 Å². The molecule has 1 aliphatic heterocycles. The van der Waals surface area contributed by atoms with Gasteiger partial charge in [0.1, 0.15) is 5.75 Å². The van der Waals surface area contributed by atoms with Crippen molar-refractivity contribution >= 4 is 16.9 Å². The minimum atomic E-state index is -0.338. The van der Waals surface area contributed by atoms with E-state index in [0.29, 0.717) is 18.3 Å². The van der Waals surface area contributed by atoms with Crippen molar-refractivity contribution in [3.05, 3.63) is 59.8 Å². The first-order chi connectivity index (χ1) is 14.7. The molecule has 1 fully saturated rings. The molecule has 0 amide bonds. The zero-order valence-corrected chi connectivity index (χ0v) is 17.5. The number of ether oxygens (including phenoxy) is 2. The maximum absolute atomic E-state index is 11.5. The Morgan fingerprint density at radius 1 is 1.23 bits per heavy atom. The number of H-pyrrole nitrogens is 1. The number of benzene rings is 2. The first-order valence-corrected chi connectivity index (χ1v) is 10.7. The van der Waals surface area contributed by atoms with Crippen molar-refractivity contribution in [1.29, 1.82) is 0 Å². The van der Waals surface area contributed by atoms with E-state index in [4.69, 9.17) is 9.47 Å². The van der Waals surface area contributed by atoms with Gasteiger partial charge in [-0.2, -0.15) is 5.10 Å². The molecule has 0 radical (unpaired) electrons. The highest BCUT2D eigenvalue weighted by molar-refractivity contribution is 5.78. The third-order valence-corrected chi connectivity index (χ3v) is 5.60. The van der Waals surface area contributed by atoms with E-state index in [9.17, 15) is 4.79 Å². The van der Waals surface area contributed by atoms with Crippen molar-refractivity contribution in [3.8, 4) is 5.75 Å². The molecule has 0 aliphatic carbocycles. The second kappa shape index (κ2) is 9.76. The van der Waals surface area contributed by atoms with Gasteiger partial charge in [-0.25, -0.2) is 4.79 Å². The molecule has 0 saturated carbocycles. The van der Waals surface area contributed by atoms with E-state index in [1.807, 2.05) is 24.4 Å². The SMILES string of the molecule is CCOC(=O)COc1cccc(CN2CCC[C@H](Cc3ccc4[nH]ncc4c3)C2)c1. The molecule has 1 N–H and O–H groups in total. The lowest BCUT2D eigenvalue weighted by molar-refractivity contribution is -0.145. The molecule has 1 atom stereocenters. The summed E-state index contributed by atoms with van der Waals surface area (Å²) in [6, 6.07) is 14.6. The minimum Gasteiger partial charge on any atom is -0.482 e. The van der Waals surface area contributed by atoms with Crippen LogP contribution in [0.1, 0.15) is 30.9 Å². The van der Waals surface area contributed by atoms with Gasteiger partial charge in [-0.15, -0.1) is 0 Å². The Labute approximate surface area is 177 Å². The number of carbonyl (C=O) groups is 1. The molecule has 2 heterocycles. The lowest BCUT2D eigenvalue weighted by Gasteiger charge is -2.33. The van der Waals surface area contributed by atoms with Gasteiger partial charge in [0.15, 0.2) is 6.61 Å². The van der Waals surface area contributed by atoms with Gasteiger partial charge in [-0.05, 0) is 74.0 Å². The number of aromatic amines is 1. The number of fused-ring (bicyclic) bond motifs is 1. The van der Waals surface area contributed by atoms with Crippen molar-refractivity contribution in [1.82, 2.24) is 15.1 Å². The van der Waals surface area contributed by atoms with E-state index in [2.05, 4.69) is 39.4 Å². The van der Waals surface area contributed by atoms with Crippen LogP contribution >= 0.6 is 0 Å². The van der Waals surface area contributed by atoms with E-state index >= 15 is 0 Å². The third kappa shape index (κ3) is 5.39. The van der Waals surface area contributed by atoms with Crippen LogP contribution in [0, 0.1) is 5.92 Å². The summed E-state index contributed by atoms with van der Waals surface area (Å²) in [5, 5.41) is 8.31. The van der Waals surface area contributed by atoms with Gasteiger partial charge in [-0.1, -0.05) is 18.2 Å². The summed E-state index contributed by atoms with van der Waals surface area (Å²) in [6.45, 7) is 5.22. The number of likely N-dealkylation sites (tertiary alicyclic amines) is 1. The molecule has 6 heteroatoms. The van der Waals surface area contributed by atoms with E-state index in [1.54, 1.807) is 6.92 Å². The maximum Gasteiger partial charge on any atom is 0.344 e. The number of nitrogens with one attached hydrogen (secondary N) is 1. The standard InChI is InChI=1S/C24H29N3O3/c1-2-29-24(28)17-30-22-7-3-5-20(13-22)16-27-10-4-6-19(15-27)11-18-8-9-23-21(12-18)14-25-26-23/h3,5,7-9,12-14,19H,2,4,6,10-11,15-17H2,1H3,(H,25,26)/t19-/m1/s1. The van der Waals surface area contributed by atoms with Gasteiger partial charge in [0, 0.05) is 18.5 Å². The Kier molecular flexibility index (Phi) is 6.64. The van der Waals surface area contributed by atoms with Crippen LogP contribution in [-0.4, -0.2) is 47.4 Å². The molecule has 6 nitrogen and oxygen atoms in total. The topological polar surface area (TPSA) is 67.5 Å². The average Bonchev–Trinajstić information content (AvgIpc) is 3.21. The highest BCUT2D eigenvalue weighted by Gasteiger charge is 2.20. The summed E-state index contributed by atoms with van der Waals surface area (Å²) >= 11 is 0. The molecular formula is C24H29N3O3. The Morgan fingerprint density at radius 3 is 3.07 bits per heavy atom. The Balaban J connectivity index is 1.32. The molecular weight excluding hydrogens is 378 g/mol. The van der Waals surface area contributed by atoms with Gasteiger partial charge in [0.2, 0.25) is 0 Å². The first-order valence-electron chi connectivity index (χ1n) is 10.7. The van der Waals surface area contributed by atoms with Crippen molar-refractivity contribution in [2.45, 2.75) is 32.7 Å². The zero-order valence-electron chi connectivity index (χ0n) is 17.5. The molecule has 4 rings (SSSR count). The normalized spacial score (nSPS) is 17.2. The Bertz CT molecular complexity index is 984. The van der Waals surface area contributed by atoms with E-state index < -0.39 is 0 Å². The average molecular weight is 408 g/mol. The summed E-state index contributed by atoms with van der Waals surface area (Å²) in [5.74, 6) is 1.03. The van der Waals surface area contributed by atoms with Crippen molar-refractivity contribution in [2.75, 3.05) is 26.3 Å². The van der Waals surface area contributed by atoms with Gasteiger partial charge < -0.3 is 9.47 Å². The first kappa shape index (κ1) is 20.4. The Morgan fingerprint density at radius 2 is 2.17 bits per heavy atom. The van der Waals surface area contributed by atoms with Crippen LogP contribution in [0.25, 0.3) is 10.9 Å². The summed E-state index contributed by atoms with van der Waals surface area (Å²) < 4.78 is 10.5. The maximum atomic E-state index is 11.5. The molecule has 1 aliphatic rings. The van der Waals surface area contributed by atoms with Crippen LogP contribution in [0.3, 0.4) is 0 Å². The fourth-order valence-corrected chi connectivity index (χ4v) is 4.25. The van der Waals surface area contributed by atoms with Gasteiger partial charge in [-0.3, -0.25) is 10.00 Å². The molecule has 30 heavy (non-hydrogen) atoms. The number of rotatable bonds is 8. The van der Waals surface area contributed by atoms with Crippen LogP contribution in [-0.2, 0) is 22.5 Å². The van der Waals surface area contributed by atoms with E-state index in [1.165, 1.54) is 29.4 Å². The van der Waals surface area contributed by atoms with Crippen molar-refractivity contribution in [2.24, 2.45) is 5.92 Å². The quantitative estimate of drug-likeness (QED) is 0.573. The van der Waals surface area contributed by atoms with Crippen LogP contribution in [0.4, 0.5) is 0 Å². The monoisotopic (exact) mass is 407 g/mol. The second-order valence-electron chi connectivity index (χ2n) is 7.98. The van der Waals surface area contributed by atoms with Crippen molar-refractivity contribution < 1.29 is 14.3 Å². The van der Waals surface area contributed by atoms with Gasteiger partial charge in [0.25, 0.3) is 0 Å². The van der Waals surface area contributed by atoms with E-state index in [-0.39, 0.29) is 12.6 Å². The molecule has 1 aromatic heterocycles. The largest absolute Gasteiger partial charge is 0.482 e. The number of hydrogen-bond acceptors (Lipinski definition) is 5. The number of hydrogen-bond donors (Lipinski definition) is 1. The molecule has 0 spiro atoms. The smallest absolute Gasteiger partial charge is 0.344 e. The molecule has 1 saturated heterocycles. The highest BCUT2D eigenvalue weighted by atomic mass is 16.6. The summed E-state index contributed by atoms with van der Waals surface area (Å²) in [6.07, 6.45) is 5.48. The molecule has 2 aromatic carbocycles. The van der Waals surface area contributed by atoms with Crippen LogP contribution in [0.15, 0.2) is 48.7 Å². The zero-order chi connectivity index (χ0) is 20.8. The summed E-state index contributed by atoms with van der Waals surface area (Å²) in [5.41, 5.74) is 3.68. The lowest BCUT2D eigenvalue weighted by atomic mass is 9.90. The van der Waals surface area contributed by atoms with E-state index in [0.717, 1.165) is 31.6 Å². The van der Waals surface area contributed by atoms with Gasteiger partial charge in [0.05, 0.1) is 18.3 Å². The molecule has 158 valence electrons. The number of esters is 1. The lowest BCUT2D eigenvalue weighted by Crippen LogP contribution is -2.35.